The third kappa shape index (κ3) is 5.57. The lowest BCUT2D eigenvalue weighted by molar-refractivity contribution is -0.149. The molecule has 0 fully saturated rings. The Morgan fingerprint density at radius 3 is 2.37 bits per heavy atom. The third-order valence-corrected chi connectivity index (χ3v) is 4.75. The quantitative estimate of drug-likeness (QED) is 0.670. The molecule has 0 aromatic heterocycles. The van der Waals surface area contributed by atoms with Crippen LogP contribution < -0.4 is 5.32 Å². The SMILES string of the molecule is CCc1cccc(C)c1NC(=O)COC(=O)[C@H](c1ccc(Cl)cc1)C(C)C. The van der Waals surface area contributed by atoms with Crippen LogP contribution in [0, 0.1) is 12.8 Å². The second kappa shape index (κ2) is 9.56. The van der Waals surface area contributed by atoms with Gasteiger partial charge < -0.3 is 10.1 Å². The fraction of sp³-hybridized carbons (Fsp3) is 0.364. The molecule has 0 spiro atoms. The van der Waals surface area contributed by atoms with E-state index < -0.39 is 11.9 Å². The Hall–Kier alpha value is -2.33. The van der Waals surface area contributed by atoms with Gasteiger partial charge in [0.2, 0.25) is 0 Å². The molecule has 4 nitrogen and oxygen atoms in total. The van der Waals surface area contributed by atoms with Crippen molar-refractivity contribution in [2.45, 2.75) is 40.0 Å². The van der Waals surface area contributed by atoms with E-state index >= 15 is 0 Å². The average Bonchev–Trinajstić information content (AvgIpc) is 2.63. The van der Waals surface area contributed by atoms with Gasteiger partial charge in [0.15, 0.2) is 6.61 Å². The number of carbonyl (C=O) groups is 2. The molecule has 0 heterocycles. The lowest BCUT2D eigenvalue weighted by Gasteiger charge is -2.20. The van der Waals surface area contributed by atoms with Crippen LogP contribution >= 0.6 is 11.6 Å². The van der Waals surface area contributed by atoms with Crippen molar-refractivity contribution in [1.29, 1.82) is 0 Å². The summed E-state index contributed by atoms with van der Waals surface area (Å²) in [5.74, 6) is -1.17. The van der Waals surface area contributed by atoms with Gasteiger partial charge in [-0.25, -0.2) is 0 Å². The Kier molecular flexibility index (Phi) is 7.43. The molecule has 27 heavy (non-hydrogen) atoms. The normalized spacial score (nSPS) is 11.9. The highest BCUT2D eigenvalue weighted by Gasteiger charge is 2.26. The predicted molar refractivity (Wildman–Crippen MR) is 109 cm³/mol. The number of esters is 1. The Labute approximate surface area is 165 Å². The van der Waals surface area contributed by atoms with E-state index in [4.69, 9.17) is 16.3 Å². The maximum atomic E-state index is 12.6. The predicted octanol–water partition coefficient (Wildman–Crippen LogP) is 5.13. The molecule has 144 valence electrons. The Morgan fingerprint density at radius 1 is 1.11 bits per heavy atom. The van der Waals surface area contributed by atoms with Gasteiger partial charge in [0.05, 0.1) is 5.92 Å². The number of carbonyl (C=O) groups excluding carboxylic acids is 2. The largest absolute Gasteiger partial charge is 0.455 e. The van der Waals surface area contributed by atoms with E-state index in [0.717, 1.165) is 28.8 Å². The van der Waals surface area contributed by atoms with Gasteiger partial charge in [0.25, 0.3) is 5.91 Å². The van der Waals surface area contributed by atoms with Gasteiger partial charge in [0.1, 0.15) is 0 Å². The number of para-hydroxylation sites is 1. The van der Waals surface area contributed by atoms with Gasteiger partial charge >= 0.3 is 5.97 Å². The van der Waals surface area contributed by atoms with Crippen LogP contribution in [-0.4, -0.2) is 18.5 Å². The van der Waals surface area contributed by atoms with E-state index in [1.54, 1.807) is 12.1 Å². The number of halogens is 1. The molecule has 0 aliphatic rings. The lowest BCUT2D eigenvalue weighted by atomic mass is 9.88. The Morgan fingerprint density at radius 2 is 1.78 bits per heavy atom. The molecule has 0 aliphatic heterocycles. The summed E-state index contributed by atoms with van der Waals surface area (Å²) in [6, 6.07) is 13.0. The van der Waals surface area contributed by atoms with E-state index in [9.17, 15) is 9.59 Å². The molecule has 5 heteroatoms. The zero-order chi connectivity index (χ0) is 20.0. The number of hydrogen-bond acceptors (Lipinski definition) is 3. The van der Waals surface area contributed by atoms with Crippen LogP contribution in [0.3, 0.4) is 0 Å². The molecular weight excluding hydrogens is 362 g/mol. The highest BCUT2D eigenvalue weighted by molar-refractivity contribution is 6.30. The summed E-state index contributed by atoms with van der Waals surface area (Å²) in [7, 11) is 0. The van der Waals surface area contributed by atoms with Gasteiger partial charge in [-0.3, -0.25) is 9.59 Å². The summed E-state index contributed by atoms with van der Waals surface area (Å²) >= 11 is 5.92. The van der Waals surface area contributed by atoms with Crippen molar-refractivity contribution < 1.29 is 14.3 Å². The summed E-state index contributed by atoms with van der Waals surface area (Å²) in [5.41, 5.74) is 3.65. The first kappa shape index (κ1) is 21.0. The minimum atomic E-state index is -0.445. The van der Waals surface area contributed by atoms with Crippen molar-refractivity contribution in [3.8, 4) is 0 Å². The lowest BCUT2D eigenvalue weighted by Crippen LogP contribution is -2.26. The first-order chi connectivity index (χ1) is 12.8. The van der Waals surface area contributed by atoms with Gasteiger partial charge in [0, 0.05) is 10.7 Å². The van der Waals surface area contributed by atoms with E-state index in [1.165, 1.54) is 0 Å². The Balaban J connectivity index is 2.03. The number of anilines is 1. The molecule has 2 aromatic rings. The fourth-order valence-electron chi connectivity index (χ4n) is 3.07. The molecule has 1 atom stereocenters. The van der Waals surface area contributed by atoms with Crippen LogP contribution in [0.15, 0.2) is 42.5 Å². The van der Waals surface area contributed by atoms with Crippen LogP contribution in [0.2, 0.25) is 5.02 Å². The van der Waals surface area contributed by atoms with Crippen LogP contribution in [0.25, 0.3) is 0 Å². The number of ether oxygens (including phenoxy) is 1. The molecular formula is C22H26ClNO3. The van der Waals surface area contributed by atoms with Crippen molar-refractivity contribution in [3.63, 3.8) is 0 Å². The number of aryl methyl sites for hydroxylation is 2. The van der Waals surface area contributed by atoms with Gasteiger partial charge in [-0.1, -0.05) is 62.7 Å². The molecule has 0 saturated carbocycles. The summed E-state index contributed by atoms with van der Waals surface area (Å²) in [4.78, 5) is 24.9. The molecule has 2 rings (SSSR count). The molecule has 0 bridgehead atoms. The zero-order valence-electron chi connectivity index (χ0n) is 16.2. The van der Waals surface area contributed by atoms with Crippen LogP contribution in [0.4, 0.5) is 5.69 Å². The first-order valence-electron chi connectivity index (χ1n) is 9.14. The molecule has 0 unspecified atom stereocenters. The van der Waals surface area contributed by atoms with Gasteiger partial charge in [-0.05, 0) is 48.1 Å². The van der Waals surface area contributed by atoms with Gasteiger partial charge in [-0.15, -0.1) is 0 Å². The van der Waals surface area contributed by atoms with E-state index in [1.807, 2.05) is 58.0 Å². The standard InChI is InChI=1S/C22H26ClNO3/c1-5-16-8-6-7-15(4)21(16)24-19(25)13-27-22(26)20(14(2)3)17-9-11-18(23)12-10-17/h6-12,14,20H,5,13H2,1-4H3,(H,24,25)/t20-/m0/s1. The van der Waals surface area contributed by atoms with E-state index in [0.29, 0.717) is 5.02 Å². The Bertz CT molecular complexity index is 800. The van der Waals surface area contributed by atoms with E-state index in [2.05, 4.69) is 5.32 Å². The maximum absolute atomic E-state index is 12.6. The zero-order valence-corrected chi connectivity index (χ0v) is 17.0. The first-order valence-corrected chi connectivity index (χ1v) is 9.51. The average molecular weight is 388 g/mol. The number of amides is 1. The summed E-state index contributed by atoms with van der Waals surface area (Å²) in [5, 5.41) is 3.48. The smallest absolute Gasteiger partial charge is 0.314 e. The van der Waals surface area contributed by atoms with Crippen molar-refractivity contribution >= 4 is 29.2 Å². The van der Waals surface area contributed by atoms with Crippen LogP contribution in [0.5, 0.6) is 0 Å². The van der Waals surface area contributed by atoms with Crippen LogP contribution in [-0.2, 0) is 20.7 Å². The van der Waals surface area contributed by atoms with Crippen LogP contribution in [0.1, 0.15) is 43.4 Å². The molecule has 1 N–H and O–H groups in total. The molecule has 2 aromatic carbocycles. The van der Waals surface area contributed by atoms with Crippen molar-refractivity contribution in [2.75, 3.05) is 11.9 Å². The van der Waals surface area contributed by atoms with Crippen molar-refractivity contribution in [3.05, 3.63) is 64.2 Å². The maximum Gasteiger partial charge on any atom is 0.314 e. The number of rotatable bonds is 7. The molecule has 0 aliphatic carbocycles. The highest BCUT2D eigenvalue weighted by Crippen LogP contribution is 2.27. The monoisotopic (exact) mass is 387 g/mol. The molecule has 0 radical (unpaired) electrons. The summed E-state index contributed by atoms with van der Waals surface area (Å²) < 4.78 is 5.31. The van der Waals surface area contributed by atoms with Gasteiger partial charge in [-0.2, -0.15) is 0 Å². The fourth-order valence-corrected chi connectivity index (χ4v) is 3.19. The minimum absolute atomic E-state index is 0.0322. The second-order valence-corrected chi connectivity index (χ2v) is 7.33. The second-order valence-electron chi connectivity index (χ2n) is 6.89. The minimum Gasteiger partial charge on any atom is -0.455 e. The van der Waals surface area contributed by atoms with Crippen molar-refractivity contribution in [1.82, 2.24) is 0 Å². The number of hydrogen-bond donors (Lipinski definition) is 1. The summed E-state index contributed by atoms with van der Waals surface area (Å²) in [6.45, 7) is 7.55. The molecule has 1 amide bonds. The van der Waals surface area contributed by atoms with Crippen molar-refractivity contribution in [2.24, 2.45) is 5.92 Å². The number of benzene rings is 2. The summed E-state index contributed by atoms with van der Waals surface area (Å²) in [6.07, 6.45) is 0.809. The topological polar surface area (TPSA) is 55.4 Å². The third-order valence-electron chi connectivity index (χ3n) is 4.50. The highest BCUT2D eigenvalue weighted by atomic mass is 35.5. The molecule has 0 saturated heterocycles. The van der Waals surface area contributed by atoms with E-state index in [-0.39, 0.29) is 18.4 Å². The number of nitrogens with one attached hydrogen (secondary N) is 1.